The molecule has 9 nitrogen and oxygen atoms in total. The number of nitrogens with zero attached hydrogens (tertiary/aromatic N) is 3. The summed E-state index contributed by atoms with van der Waals surface area (Å²) in [6, 6.07) is 1.73. The molecule has 0 unspecified atom stereocenters. The second kappa shape index (κ2) is 7.76. The van der Waals surface area contributed by atoms with Crippen molar-refractivity contribution >= 4 is 17.7 Å². The number of aliphatic hydroxyl groups excluding tert-OH is 2. The molecule has 9 heteroatoms. The number of ketones is 1. The molecule has 0 aliphatic heterocycles. The molecule has 1 amide bonds. The van der Waals surface area contributed by atoms with Crippen LogP contribution in [0.1, 0.15) is 39.8 Å². The summed E-state index contributed by atoms with van der Waals surface area (Å²) in [4.78, 5) is 29.0. The van der Waals surface area contributed by atoms with E-state index >= 15 is 0 Å². The van der Waals surface area contributed by atoms with Crippen LogP contribution in [-0.4, -0.2) is 68.4 Å². The molecule has 0 saturated heterocycles. The van der Waals surface area contributed by atoms with Crippen LogP contribution in [0.2, 0.25) is 0 Å². The van der Waals surface area contributed by atoms with Crippen molar-refractivity contribution in [2.24, 2.45) is 41.5 Å². The number of allylic oxidation sites excluding steroid dienone is 1. The first-order valence-corrected chi connectivity index (χ1v) is 12.6. The van der Waals surface area contributed by atoms with Crippen molar-refractivity contribution in [1.29, 1.82) is 0 Å². The Morgan fingerprint density at radius 1 is 1.33 bits per heavy atom. The van der Waals surface area contributed by atoms with Gasteiger partial charge < -0.3 is 20.1 Å². The summed E-state index contributed by atoms with van der Waals surface area (Å²) in [5.41, 5.74) is -2.24. The zero-order valence-corrected chi connectivity index (χ0v) is 22.0. The monoisotopic (exact) mass is 499 g/mol. The summed E-state index contributed by atoms with van der Waals surface area (Å²) < 4.78 is 7.45. The summed E-state index contributed by atoms with van der Waals surface area (Å²) in [6.45, 7) is 9.25. The fourth-order valence-electron chi connectivity index (χ4n) is 7.78. The van der Waals surface area contributed by atoms with Crippen LogP contribution in [0.3, 0.4) is 0 Å². The van der Waals surface area contributed by atoms with Crippen LogP contribution >= 0.6 is 0 Å². The second-order valence-corrected chi connectivity index (χ2v) is 12.0. The Morgan fingerprint density at radius 3 is 2.58 bits per heavy atom. The molecule has 36 heavy (non-hydrogen) atoms. The average Bonchev–Trinajstić information content (AvgIpc) is 3.09. The Morgan fingerprint density at radius 2 is 2.00 bits per heavy atom. The van der Waals surface area contributed by atoms with Crippen molar-refractivity contribution in [2.45, 2.75) is 58.8 Å². The number of fused-ring (bicyclic) bond motifs is 3. The van der Waals surface area contributed by atoms with Crippen molar-refractivity contribution < 1.29 is 29.6 Å². The highest BCUT2D eigenvalue weighted by atomic mass is 16.6. The number of aryl methyl sites for hydroxylation is 2. The maximum Gasteiger partial charge on any atom is 0.415 e. The Labute approximate surface area is 211 Å². The fraction of sp³-hybridized carbons (Fsp3) is 0.667. The minimum absolute atomic E-state index is 0.0478. The van der Waals surface area contributed by atoms with Gasteiger partial charge in [-0.25, -0.2) is 4.79 Å². The summed E-state index contributed by atoms with van der Waals surface area (Å²) in [6.07, 6.45) is 0.487. The molecule has 3 N–H and O–H groups in total. The summed E-state index contributed by atoms with van der Waals surface area (Å²) in [5, 5.41) is 38.5. The minimum atomic E-state index is -2.16. The molecule has 8 atom stereocenters. The van der Waals surface area contributed by atoms with Crippen LogP contribution in [0, 0.1) is 41.4 Å². The standard InChI is InChI=1S/C27H37N3O6/c1-13-11-26-14(2)8-18-20(25(18,4)5)17(22(26)33)10-16(12-31)21(32)27(26,35)23(13)36-24(34)29(6)19-9-15(3)28-30(19)7/h9-11,14,17-18,20-21,23,31-32,35H,8,12H2,1-7H3/t14-,17+,18-,20+,21-,23+,26+,27+/m1/s1. The van der Waals surface area contributed by atoms with E-state index in [0.29, 0.717) is 17.8 Å². The van der Waals surface area contributed by atoms with Crippen LogP contribution in [0.15, 0.2) is 29.4 Å². The van der Waals surface area contributed by atoms with Crippen molar-refractivity contribution in [3.63, 3.8) is 0 Å². The molecule has 1 aromatic rings. The lowest BCUT2D eigenvalue weighted by atomic mass is 9.59. The largest absolute Gasteiger partial charge is 0.438 e. The lowest BCUT2D eigenvalue weighted by Gasteiger charge is -2.48. The van der Waals surface area contributed by atoms with E-state index in [2.05, 4.69) is 18.9 Å². The van der Waals surface area contributed by atoms with E-state index in [4.69, 9.17) is 4.74 Å². The number of carbonyl (C=O) groups is 2. The van der Waals surface area contributed by atoms with Gasteiger partial charge in [0.1, 0.15) is 11.9 Å². The van der Waals surface area contributed by atoms with Crippen LogP contribution < -0.4 is 4.90 Å². The molecule has 1 aromatic heterocycles. The molecule has 2 fully saturated rings. The van der Waals surface area contributed by atoms with E-state index in [-0.39, 0.29) is 34.5 Å². The Balaban J connectivity index is 1.59. The lowest BCUT2D eigenvalue weighted by Crippen LogP contribution is -2.66. The molecule has 2 saturated carbocycles. The maximum atomic E-state index is 14.4. The van der Waals surface area contributed by atoms with E-state index in [0.717, 1.165) is 5.69 Å². The number of carbonyl (C=O) groups excluding carboxylic acids is 2. The van der Waals surface area contributed by atoms with Gasteiger partial charge in [-0.15, -0.1) is 0 Å². The number of hydrogen-bond donors (Lipinski definition) is 3. The van der Waals surface area contributed by atoms with Gasteiger partial charge in [0.25, 0.3) is 0 Å². The van der Waals surface area contributed by atoms with Gasteiger partial charge in [-0.1, -0.05) is 32.9 Å². The average molecular weight is 500 g/mol. The number of aromatic nitrogens is 2. The third kappa shape index (κ3) is 2.96. The zero-order valence-electron chi connectivity index (χ0n) is 22.0. The highest BCUT2D eigenvalue weighted by Gasteiger charge is 2.76. The van der Waals surface area contributed by atoms with Crippen LogP contribution in [0.25, 0.3) is 0 Å². The normalized spacial score (nSPS) is 40.3. The van der Waals surface area contributed by atoms with Crippen molar-refractivity contribution in [3.8, 4) is 0 Å². The van der Waals surface area contributed by atoms with E-state index in [1.54, 1.807) is 43.9 Å². The topological polar surface area (TPSA) is 125 Å². The highest BCUT2D eigenvalue weighted by Crippen LogP contribution is 2.71. The fourth-order valence-corrected chi connectivity index (χ4v) is 7.78. The number of anilines is 1. The lowest BCUT2D eigenvalue weighted by molar-refractivity contribution is -0.189. The molecule has 1 spiro atoms. The predicted octanol–water partition coefficient (Wildman–Crippen LogP) is 2.14. The molecule has 4 aliphatic rings. The number of aliphatic hydroxyl groups is 3. The molecule has 0 radical (unpaired) electrons. The molecule has 4 aliphatic carbocycles. The SMILES string of the molecule is CC1=C[C@]23C(=O)[C@@H](C=C(CO)[C@@H](O)[C@]2(O)[C@H]1OC(=O)N(C)c1cc(C)nn1C)[C@H]1[C@@H](C[C@H]3C)C1(C)C. The molecular weight excluding hydrogens is 462 g/mol. The molecule has 2 bridgehead atoms. The third-order valence-electron chi connectivity index (χ3n) is 9.71. The van der Waals surface area contributed by atoms with Gasteiger partial charge in [-0.3, -0.25) is 14.4 Å². The first-order chi connectivity index (χ1) is 16.7. The zero-order chi connectivity index (χ0) is 26.5. The van der Waals surface area contributed by atoms with Crippen molar-refractivity contribution in [2.75, 3.05) is 18.6 Å². The molecule has 5 rings (SSSR count). The van der Waals surface area contributed by atoms with Gasteiger partial charge >= 0.3 is 6.09 Å². The van der Waals surface area contributed by atoms with Gasteiger partial charge in [0.15, 0.2) is 17.5 Å². The van der Waals surface area contributed by atoms with Gasteiger partial charge in [-0.2, -0.15) is 5.10 Å². The van der Waals surface area contributed by atoms with Crippen molar-refractivity contribution in [3.05, 3.63) is 35.1 Å². The number of ether oxygens (including phenoxy) is 1. The summed E-state index contributed by atoms with van der Waals surface area (Å²) >= 11 is 0. The van der Waals surface area contributed by atoms with Crippen LogP contribution in [0.4, 0.5) is 10.6 Å². The Bertz CT molecular complexity index is 1200. The van der Waals surface area contributed by atoms with E-state index in [1.165, 1.54) is 4.90 Å². The summed E-state index contributed by atoms with van der Waals surface area (Å²) in [7, 11) is 3.25. The Hall–Kier alpha value is -2.49. The van der Waals surface area contributed by atoms with E-state index in [9.17, 15) is 24.9 Å². The number of hydrogen-bond acceptors (Lipinski definition) is 7. The molecular formula is C27H37N3O6. The molecule has 0 aromatic carbocycles. The van der Waals surface area contributed by atoms with Gasteiger partial charge in [0, 0.05) is 26.1 Å². The number of Topliss-reactive ketones (excluding diaryl/α,β-unsaturated/α-hetero) is 1. The van der Waals surface area contributed by atoms with Crippen LogP contribution in [0.5, 0.6) is 0 Å². The Kier molecular flexibility index (Phi) is 5.42. The van der Waals surface area contributed by atoms with Gasteiger partial charge in [0.2, 0.25) is 0 Å². The number of amides is 1. The number of rotatable bonds is 3. The quantitative estimate of drug-likeness (QED) is 0.544. The molecule has 1 heterocycles. The highest BCUT2D eigenvalue weighted by molar-refractivity contribution is 5.95. The second-order valence-electron chi connectivity index (χ2n) is 12.0. The van der Waals surface area contributed by atoms with Gasteiger partial charge in [-0.05, 0) is 54.6 Å². The van der Waals surface area contributed by atoms with Crippen molar-refractivity contribution in [1.82, 2.24) is 9.78 Å². The predicted molar refractivity (Wildman–Crippen MR) is 132 cm³/mol. The third-order valence-corrected chi connectivity index (χ3v) is 9.71. The maximum absolute atomic E-state index is 14.4. The van der Waals surface area contributed by atoms with Gasteiger partial charge in [0.05, 0.1) is 17.7 Å². The van der Waals surface area contributed by atoms with E-state index in [1.807, 2.05) is 13.8 Å². The first kappa shape index (κ1) is 25.2. The summed E-state index contributed by atoms with van der Waals surface area (Å²) in [5.74, 6) is -0.182. The first-order valence-electron chi connectivity index (χ1n) is 12.6. The van der Waals surface area contributed by atoms with Crippen LogP contribution in [-0.2, 0) is 16.6 Å². The minimum Gasteiger partial charge on any atom is -0.438 e. The van der Waals surface area contributed by atoms with E-state index < -0.39 is 41.8 Å². The molecule has 196 valence electrons. The smallest absolute Gasteiger partial charge is 0.415 e.